The summed E-state index contributed by atoms with van der Waals surface area (Å²) in [5.74, 6) is 4.69. The zero-order chi connectivity index (χ0) is 26.4. The van der Waals surface area contributed by atoms with Gasteiger partial charge in [0.25, 0.3) is 5.91 Å². The number of likely N-dealkylation sites (tertiary alicyclic amines) is 1. The topological polar surface area (TPSA) is 89.0 Å². The number of carbonyl (C=O) groups excluding carboxylic acids is 1. The Morgan fingerprint density at radius 3 is 2.92 bits per heavy atom. The van der Waals surface area contributed by atoms with Crippen molar-refractivity contribution in [3.05, 3.63) is 42.1 Å². The van der Waals surface area contributed by atoms with E-state index in [1.54, 1.807) is 7.11 Å². The number of ether oxygens (including phenoxy) is 1. The average molecular weight is 521 g/mol. The SMILES string of the molecule is COc1cc(C(=O)N2C[C@H]3CC4C(CCC#N)[C@@H]2[C@H]43)cc2nc(-c3cc4cccnc4n3CC3CC3)n(C)c12. The summed E-state index contributed by atoms with van der Waals surface area (Å²) in [7, 11) is 3.68. The van der Waals surface area contributed by atoms with Gasteiger partial charge in [-0.3, -0.25) is 4.79 Å². The predicted molar refractivity (Wildman–Crippen MR) is 147 cm³/mol. The van der Waals surface area contributed by atoms with E-state index in [9.17, 15) is 4.79 Å². The third-order valence-corrected chi connectivity index (χ3v) is 10.1. The van der Waals surface area contributed by atoms with Crippen molar-refractivity contribution in [2.75, 3.05) is 13.7 Å². The van der Waals surface area contributed by atoms with E-state index in [0.717, 1.165) is 53.1 Å². The van der Waals surface area contributed by atoms with Crippen LogP contribution in [-0.2, 0) is 13.6 Å². The molecule has 0 N–H and O–H groups in total. The molecular weight excluding hydrogens is 488 g/mol. The van der Waals surface area contributed by atoms with Crippen molar-refractivity contribution in [3.8, 4) is 23.3 Å². The van der Waals surface area contributed by atoms with Gasteiger partial charge in [-0.1, -0.05) is 0 Å². The number of methoxy groups -OCH3 is 1. The molecule has 2 unspecified atom stereocenters. The molecule has 4 aliphatic rings. The molecule has 0 spiro atoms. The highest BCUT2D eigenvalue weighted by Crippen LogP contribution is 2.65. The van der Waals surface area contributed by atoms with E-state index >= 15 is 0 Å². The molecule has 0 radical (unpaired) electrons. The minimum Gasteiger partial charge on any atom is -0.494 e. The lowest BCUT2D eigenvalue weighted by atomic mass is 9.46. The standard InChI is InChI=1S/C31H32N6O2/c1-35-28-23(34-30(35)24-13-18-5-4-10-33-29(18)36(24)15-17-7-8-17)12-19(14-25(28)39-2)31(38)37-16-20-11-22-21(6-3-9-32)27(37)26(20)22/h4-5,10,12-14,17,20-22,26-27H,3,6-8,11,15-16H2,1-2H3/t20-,21?,22?,26+,27-/m1/s1. The Kier molecular flexibility index (Phi) is 4.92. The summed E-state index contributed by atoms with van der Waals surface area (Å²) in [4.78, 5) is 25.8. The van der Waals surface area contributed by atoms with Crippen LogP contribution < -0.4 is 4.74 Å². The van der Waals surface area contributed by atoms with Crippen molar-refractivity contribution >= 4 is 28.0 Å². The highest BCUT2D eigenvalue weighted by molar-refractivity contribution is 6.00. The fourth-order valence-corrected chi connectivity index (χ4v) is 8.05. The lowest BCUT2D eigenvalue weighted by Gasteiger charge is -2.59. The molecule has 4 aromatic rings. The maximum absolute atomic E-state index is 14.0. The fourth-order valence-electron chi connectivity index (χ4n) is 8.05. The normalized spacial score (nSPS) is 26.8. The monoisotopic (exact) mass is 520 g/mol. The van der Waals surface area contributed by atoms with Crippen LogP contribution in [0.25, 0.3) is 33.6 Å². The van der Waals surface area contributed by atoms with E-state index < -0.39 is 0 Å². The number of nitriles is 1. The van der Waals surface area contributed by atoms with Crippen molar-refractivity contribution in [2.24, 2.45) is 36.6 Å². The number of rotatable bonds is 7. The van der Waals surface area contributed by atoms with Gasteiger partial charge < -0.3 is 18.8 Å². The number of hydrogen-bond donors (Lipinski definition) is 0. The van der Waals surface area contributed by atoms with Crippen molar-refractivity contribution in [1.29, 1.82) is 5.26 Å². The first-order valence-electron chi connectivity index (χ1n) is 14.2. The Morgan fingerprint density at radius 1 is 1.26 bits per heavy atom. The summed E-state index contributed by atoms with van der Waals surface area (Å²) in [6.45, 7) is 1.77. The first kappa shape index (κ1) is 23.1. The predicted octanol–water partition coefficient (Wildman–Crippen LogP) is 5.02. The second-order valence-corrected chi connectivity index (χ2v) is 12.1. The van der Waals surface area contributed by atoms with Crippen LogP contribution in [0.3, 0.4) is 0 Å². The number of hydrogen-bond acceptors (Lipinski definition) is 5. The molecular formula is C31H32N6O2. The highest BCUT2D eigenvalue weighted by Gasteiger charge is 2.67. The molecule has 1 amide bonds. The zero-order valence-electron chi connectivity index (χ0n) is 22.4. The summed E-state index contributed by atoms with van der Waals surface area (Å²) < 4.78 is 10.2. The van der Waals surface area contributed by atoms with Gasteiger partial charge in [-0.25, -0.2) is 9.97 Å². The minimum atomic E-state index is 0.0641. The van der Waals surface area contributed by atoms with Crippen LogP contribution >= 0.6 is 0 Å². The quantitative estimate of drug-likeness (QED) is 0.341. The third-order valence-electron chi connectivity index (χ3n) is 10.1. The molecule has 3 aliphatic carbocycles. The molecule has 3 aromatic heterocycles. The van der Waals surface area contributed by atoms with Gasteiger partial charge in [0.1, 0.15) is 16.9 Å². The lowest BCUT2D eigenvalue weighted by Crippen LogP contribution is -2.61. The van der Waals surface area contributed by atoms with Crippen molar-refractivity contribution in [1.82, 2.24) is 24.0 Å². The van der Waals surface area contributed by atoms with Crippen molar-refractivity contribution in [2.45, 2.75) is 44.7 Å². The molecule has 1 aromatic carbocycles. The maximum Gasteiger partial charge on any atom is 0.254 e. The second kappa shape index (κ2) is 8.32. The van der Waals surface area contributed by atoms with E-state index in [-0.39, 0.29) is 11.9 Å². The molecule has 198 valence electrons. The molecule has 8 nitrogen and oxygen atoms in total. The number of amides is 1. The van der Waals surface area contributed by atoms with Crippen LogP contribution in [0.4, 0.5) is 0 Å². The molecule has 4 fully saturated rings. The molecule has 0 bridgehead atoms. The Bertz CT molecular complexity index is 1690. The van der Waals surface area contributed by atoms with Crippen LogP contribution in [0.1, 0.15) is 42.5 Å². The largest absolute Gasteiger partial charge is 0.494 e. The Hall–Kier alpha value is -3.86. The first-order valence-corrected chi connectivity index (χ1v) is 14.2. The summed E-state index contributed by atoms with van der Waals surface area (Å²) in [6, 6.07) is 12.7. The second-order valence-electron chi connectivity index (χ2n) is 12.1. The number of fused-ring (bicyclic) bond motifs is 2. The van der Waals surface area contributed by atoms with Gasteiger partial charge in [0.2, 0.25) is 0 Å². The van der Waals surface area contributed by atoms with Gasteiger partial charge >= 0.3 is 0 Å². The number of benzene rings is 1. The van der Waals surface area contributed by atoms with Crippen LogP contribution in [0.15, 0.2) is 36.5 Å². The number of pyridine rings is 1. The molecule has 8 heteroatoms. The van der Waals surface area contributed by atoms with Gasteiger partial charge in [-0.15, -0.1) is 0 Å². The smallest absolute Gasteiger partial charge is 0.254 e. The number of nitrogens with zero attached hydrogens (tertiary/aromatic N) is 6. The Morgan fingerprint density at radius 2 is 2.13 bits per heavy atom. The van der Waals surface area contributed by atoms with Gasteiger partial charge in [0.15, 0.2) is 5.82 Å². The lowest BCUT2D eigenvalue weighted by molar-refractivity contribution is -0.0918. The van der Waals surface area contributed by atoms with E-state index in [2.05, 4.69) is 32.2 Å². The van der Waals surface area contributed by atoms with E-state index in [0.29, 0.717) is 47.3 Å². The average Bonchev–Trinajstić information content (AvgIpc) is 3.58. The summed E-state index contributed by atoms with van der Waals surface area (Å²) in [5.41, 5.74) is 4.32. The van der Waals surface area contributed by atoms with Gasteiger partial charge in [-0.05, 0) is 85.6 Å². The maximum atomic E-state index is 14.0. The van der Waals surface area contributed by atoms with Gasteiger partial charge in [0.05, 0.1) is 24.4 Å². The summed E-state index contributed by atoms with van der Waals surface area (Å²) in [6.07, 6.45) is 7.03. The van der Waals surface area contributed by atoms with Crippen LogP contribution in [0.2, 0.25) is 0 Å². The number of aryl methyl sites for hydroxylation is 1. The van der Waals surface area contributed by atoms with Crippen LogP contribution in [0.5, 0.6) is 5.75 Å². The van der Waals surface area contributed by atoms with Gasteiger partial charge in [0, 0.05) is 49.7 Å². The van der Waals surface area contributed by atoms with E-state index in [1.807, 2.05) is 31.4 Å². The molecule has 4 heterocycles. The van der Waals surface area contributed by atoms with Gasteiger partial charge in [-0.2, -0.15) is 5.26 Å². The Labute approximate surface area is 227 Å². The molecule has 8 rings (SSSR count). The van der Waals surface area contributed by atoms with Crippen LogP contribution in [0, 0.1) is 40.9 Å². The molecule has 1 aliphatic heterocycles. The summed E-state index contributed by atoms with van der Waals surface area (Å²) >= 11 is 0. The molecule has 5 atom stereocenters. The molecule has 1 saturated heterocycles. The van der Waals surface area contributed by atoms with E-state index in [4.69, 9.17) is 20.0 Å². The molecule has 39 heavy (non-hydrogen) atoms. The minimum absolute atomic E-state index is 0.0641. The van der Waals surface area contributed by atoms with Crippen molar-refractivity contribution in [3.63, 3.8) is 0 Å². The number of imidazole rings is 1. The first-order chi connectivity index (χ1) is 19.1. The van der Waals surface area contributed by atoms with E-state index in [1.165, 1.54) is 19.3 Å². The highest BCUT2D eigenvalue weighted by atomic mass is 16.5. The Balaban J connectivity index is 1.19. The zero-order valence-corrected chi connectivity index (χ0v) is 22.4. The molecule has 3 saturated carbocycles. The fraction of sp³-hybridized carbons (Fsp3) is 0.484. The van der Waals surface area contributed by atoms with Crippen LogP contribution in [-0.4, -0.2) is 49.6 Å². The number of carbonyl (C=O) groups is 1. The van der Waals surface area contributed by atoms with Crippen molar-refractivity contribution < 1.29 is 9.53 Å². The third kappa shape index (κ3) is 3.25. The summed E-state index contributed by atoms with van der Waals surface area (Å²) in [5, 5.41) is 10.2. The number of aromatic nitrogens is 4.